The summed E-state index contributed by atoms with van der Waals surface area (Å²) in [5.74, 6) is 0.553. The molecule has 0 aromatic carbocycles. The predicted octanol–water partition coefficient (Wildman–Crippen LogP) is 1.88. The van der Waals surface area contributed by atoms with Gasteiger partial charge in [0, 0.05) is 43.4 Å². The molecule has 0 saturated carbocycles. The van der Waals surface area contributed by atoms with Crippen molar-refractivity contribution in [1.82, 2.24) is 15.1 Å². The number of H-pyrrole nitrogens is 1. The molecular formula is C15H26N4O. The van der Waals surface area contributed by atoms with Gasteiger partial charge in [0.2, 0.25) is 5.91 Å². The van der Waals surface area contributed by atoms with E-state index >= 15 is 0 Å². The van der Waals surface area contributed by atoms with Crippen molar-refractivity contribution < 1.29 is 4.79 Å². The largest absolute Gasteiger partial charge is 0.342 e. The highest BCUT2D eigenvalue weighted by atomic mass is 16.2. The van der Waals surface area contributed by atoms with Gasteiger partial charge in [0.1, 0.15) is 0 Å². The van der Waals surface area contributed by atoms with Crippen molar-refractivity contribution in [2.75, 3.05) is 13.1 Å². The summed E-state index contributed by atoms with van der Waals surface area (Å²) in [6.07, 6.45) is 4.35. The smallest absolute Gasteiger partial charge is 0.224 e. The van der Waals surface area contributed by atoms with Crippen LogP contribution in [0.4, 0.5) is 0 Å². The fraction of sp³-hybridized carbons (Fsp3) is 0.733. The van der Waals surface area contributed by atoms with E-state index in [4.69, 9.17) is 5.73 Å². The Morgan fingerprint density at radius 1 is 1.60 bits per heavy atom. The van der Waals surface area contributed by atoms with Crippen molar-refractivity contribution in [1.29, 1.82) is 0 Å². The number of carbonyl (C=O) groups excluding carboxylic acids is 1. The number of hydrogen-bond acceptors (Lipinski definition) is 3. The van der Waals surface area contributed by atoms with E-state index < -0.39 is 0 Å². The number of piperidine rings is 1. The van der Waals surface area contributed by atoms with Crippen LogP contribution >= 0.6 is 0 Å². The van der Waals surface area contributed by atoms with Crippen LogP contribution in [-0.2, 0) is 4.79 Å². The highest BCUT2D eigenvalue weighted by Crippen LogP contribution is 2.27. The van der Waals surface area contributed by atoms with E-state index in [0.29, 0.717) is 12.3 Å². The molecule has 2 heterocycles. The Kier molecular flexibility index (Phi) is 4.48. The van der Waals surface area contributed by atoms with E-state index in [0.717, 1.165) is 31.6 Å². The van der Waals surface area contributed by atoms with Crippen molar-refractivity contribution in [3.8, 4) is 0 Å². The maximum atomic E-state index is 12.4. The molecule has 5 heteroatoms. The molecule has 1 saturated heterocycles. The Morgan fingerprint density at radius 3 is 2.95 bits per heavy atom. The van der Waals surface area contributed by atoms with E-state index in [1.807, 2.05) is 11.0 Å². The normalized spacial score (nSPS) is 21.8. The first-order valence-electron chi connectivity index (χ1n) is 7.40. The van der Waals surface area contributed by atoms with Crippen LogP contribution in [0.1, 0.15) is 51.6 Å². The summed E-state index contributed by atoms with van der Waals surface area (Å²) in [5, 5.41) is 7.02. The topological polar surface area (TPSA) is 75.0 Å². The maximum absolute atomic E-state index is 12.4. The van der Waals surface area contributed by atoms with Crippen LogP contribution in [0.3, 0.4) is 0 Å². The second kappa shape index (κ2) is 5.95. The minimum Gasteiger partial charge on any atom is -0.342 e. The molecule has 1 aliphatic rings. The fourth-order valence-corrected chi connectivity index (χ4v) is 2.57. The molecule has 1 fully saturated rings. The van der Waals surface area contributed by atoms with Crippen molar-refractivity contribution in [2.24, 2.45) is 11.1 Å². The van der Waals surface area contributed by atoms with Crippen LogP contribution < -0.4 is 5.73 Å². The molecule has 0 radical (unpaired) electrons. The fourth-order valence-electron chi connectivity index (χ4n) is 2.57. The molecule has 2 rings (SSSR count). The minimum atomic E-state index is -0.0949. The van der Waals surface area contributed by atoms with Gasteiger partial charge in [0.05, 0.1) is 0 Å². The monoisotopic (exact) mass is 278 g/mol. The number of aromatic nitrogens is 2. The summed E-state index contributed by atoms with van der Waals surface area (Å²) in [5.41, 5.74) is 7.22. The molecule has 1 amide bonds. The number of rotatable bonds is 3. The average molecular weight is 278 g/mol. The van der Waals surface area contributed by atoms with Gasteiger partial charge in [-0.1, -0.05) is 20.8 Å². The van der Waals surface area contributed by atoms with Gasteiger partial charge in [-0.3, -0.25) is 9.89 Å². The number of aromatic amines is 1. The number of nitrogens with zero attached hydrogens (tertiary/aromatic N) is 2. The lowest BCUT2D eigenvalue weighted by atomic mass is 9.85. The molecule has 3 N–H and O–H groups in total. The van der Waals surface area contributed by atoms with E-state index in [1.54, 1.807) is 6.20 Å². The third-order valence-corrected chi connectivity index (χ3v) is 4.24. The summed E-state index contributed by atoms with van der Waals surface area (Å²) >= 11 is 0. The summed E-state index contributed by atoms with van der Waals surface area (Å²) in [6.45, 7) is 7.86. The van der Waals surface area contributed by atoms with Crippen LogP contribution in [0, 0.1) is 5.41 Å². The Labute approximate surface area is 120 Å². The standard InChI is InChI=1S/C15H26N4O/c1-15(2,3)13(16)9-14(20)19-8-4-5-11(10-19)12-6-7-17-18-12/h6-7,11,13H,4-5,8-10,16H2,1-3H3,(H,17,18). The highest BCUT2D eigenvalue weighted by Gasteiger charge is 2.29. The van der Waals surface area contributed by atoms with Gasteiger partial charge in [-0.05, 0) is 24.3 Å². The van der Waals surface area contributed by atoms with Gasteiger partial charge < -0.3 is 10.6 Å². The average Bonchev–Trinajstić information content (AvgIpc) is 2.91. The molecule has 1 aliphatic heterocycles. The molecule has 1 aromatic heterocycles. The molecule has 0 bridgehead atoms. The third kappa shape index (κ3) is 3.60. The van der Waals surface area contributed by atoms with Gasteiger partial charge in [0.15, 0.2) is 0 Å². The zero-order valence-electron chi connectivity index (χ0n) is 12.7. The van der Waals surface area contributed by atoms with E-state index in [-0.39, 0.29) is 17.4 Å². The molecule has 2 unspecified atom stereocenters. The van der Waals surface area contributed by atoms with E-state index in [1.165, 1.54) is 0 Å². The molecule has 1 aromatic rings. The zero-order valence-corrected chi connectivity index (χ0v) is 12.7. The lowest BCUT2D eigenvalue weighted by Gasteiger charge is -2.34. The summed E-state index contributed by atoms with van der Waals surface area (Å²) in [4.78, 5) is 14.3. The van der Waals surface area contributed by atoms with Gasteiger partial charge in [0.25, 0.3) is 0 Å². The van der Waals surface area contributed by atoms with Gasteiger partial charge in [-0.2, -0.15) is 5.10 Å². The van der Waals surface area contributed by atoms with Crippen LogP contribution in [0.15, 0.2) is 12.3 Å². The molecule has 112 valence electrons. The minimum absolute atomic E-state index is 0.0335. The molecule has 20 heavy (non-hydrogen) atoms. The number of nitrogens with two attached hydrogens (primary N) is 1. The second-order valence-corrected chi connectivity index (χ2v) is 6.87. The lowest BCUT2D eigenvalue weighted by Crippen LogP contribution is -2.44. The molecule has 0 aliphatic carbocycles. The van der Waals surface area contributed by atoms with Gasteiger partial charge in [-0.15, -0.1) is 0 Å². The first kappa shape index (κ1) is 15.0. The quantitative estimate of drug-likeness (QED) is 0.886. The van der Waals surface area contributed by atoms with E-state index in [9.17, 15) is 4.79 Å². The lowest BCUT2D eigenvalue weighted by molar-refractivity contribution is -0.133. The number of nitrogens with one attached hydrogen (secondary N) is 1. The van der Waals surface area contributed by atoms with Crippen molar-refractivity contribution in [3.05, 3.63) is 18.0 Å². The van der Waals surface area contributed by atoms with Crippen LogP contribution in [-0.4, -0.2) is 40.1 Å². The summed E-state index contributed by atoms with van der Waals surface area (Å²) < 4.78 is 0. The first-order valence-corrected chi connectivity index (χ1v) is 7.40. The first-order chi connectivity index (χ1) is 9.38. The molecule has 2 atom stereocenters. The van der Waals surface area contributed by atoms with Crippen molar-refractivity contribution in [2.45, 2.75) is 52.0 Å². The van der Waals surface area contributed by atoms with Crippen LogP contribution in [0.25, 0.3) is 0 Å². The third-order valence-electron chi connectivity index (χ3n) is 4.24. The molecule has 5 nitrogen and oxygen atoms in total. The zero-order chi connectivity index (χ0) is 14.8. The summed E-state index contributed by atoms with van der Waals surface area (Å²) in [7, 11) is 0. The van der Waals surface area contributed by atoms with Crippen LogP contribution in [0.2, 0.25) is 0 Å². The van der Waals surface area contributed by atoms with Crippen molar-refractivity contribution in [3.63, 3.8) is 0 Å². The van der Waals surface area contributed by atoms with Crippen LogP contribution in [0.5, 0.6) is 0 Å². The number of likely N-dealkylation sites (tertiary alicyclic amines) is 1. The molecular weight excluding hydrogens is 252 g/mol. The SMILES string of the molecule is CC(C)(C)C(N)CC(=O)N1CCCC(c2ccn[nH]2)C1. The Hall–Kier alpha value is -1.36. The number of amides is 1. The number of hydrogen-bond donors (Lipinski definition) is 2. The van der Waals surface area contributed by atoms with Crippen molar-refractivity contribution >= 4 is 5.91 Å². The summed E-state index contributed by atoms with van der Waals surface area (Å²) in [6, 6.07) is 1.90. The Morgan fingerprint density at radius 2 is 2.35 bits per heavy atom. The maximum Gasteiger partial charge on any atom is 0.224 e. The predicted molar refractivity (Wildman–Crippen MR) is 79.2 cm³/mol. The Bertz CT molecular complexity index is 435. The number of carbonyl (C=O) groups is 1. The Balaban J connectivity index is 1.93. The second-order valence-electron chi connectivity index (χ2n) is 6.87. The van der Waals surface area contributed by atoms with Gasteiger partial charge >= 0.3 is 0 Å². The van der Waals surface area contributed by atoms with E-state index in [2.05, 4.69) is 31.0 Å². The molecule has 0 spiro atoms. The highest BCUT2D eigenvalue weighted by molar-refractivity contribution is 5.77. The van der Waals surface area contributed by atoms with Gasteiger partial charge in [-0.25, -0.2) is 0 Å².